The van der Waals surface area contributed by atoms with Gasteiger partial charge in [-0.15, -0.1) is 0 Å². The summed E-state index contributed by atoms with van der Waals surface area (Å²) in [7, 11) is 1.86. The van der Waals surface area contributed by atoms with E-state index in [1.807, 2.05) is 32.2 Å². The summed E-state index contributed by atoms with van der Waals surface area (Å²) in [6.07, 6.45) is 0.983. The van der Waals surface area contributed by atoms with E-state index >= 15 is 0 Å². The predicted molar refractivity (Wildman–Crippen MR) is 81.2 cm³/mol. The number of rotatable bonds is 2. The van der Waals surface area contributed by atoms with Crippen molar-refractivity contribution >= 4 is 27.5 Å². The van der Waals surface area contributed by atoms with Crippen LogP contribution in [0.25, 0.3) is 0 Å². The fourth-order valence-corrected chi connectivity index (χ4v) is 2.75. The molecule has 1 saturated heterocycles. The van der Waals surface area contributed by atoms with Crippen LogP contribution in [0.5, 0.6) is 0 Å². The molecule has 1 heterocycles. The monoisotopic (exact) mass is 325 g/mol. The van der Waals surface area contributed by atoms with Crippen molar-refractivity contribution in [3.63, 3.8) is 0 Å². The Morgan fingerprint density at radius 1 is 1.37 bits per heavy atom. The van der Waals surface area contributed by atoms with E-state index < -0.39 is 0 Å². The second-order valence-electron chi connectivity index (χ2n) is 5.08. The van der Waals surface area contributed by atoms with Crippen LogP contribution in [0.2, 0.25) is 0 Å². The number of nitrogens with two attached hydrogens (primary N) is 1. The summed E-state index contributed by atoms with van der Waals surface area (Å²) in [5.41, 5.74) is 8.20. The molecule has 1 unspecified atom stereocenters. The number of carbonyl (C=O) groups excluding carboxylic acids is 1. The van der Waals surface area contributed by atoms with E-state index in [0.29, 0.717) is 6.54 Å². The minimum atomic E-state index is -0.0522. The average molecular weight is 326 g/mol. The third-order valence-corrected chi connectivity index (χ3v) is 3.99. The molecule has 0 spiro atoms. The van der Waals surface area contributed by atoms with Crippen molar-refractivity contribution < 1.29 is 4.79 Å². The number of anilines is 1. The molecule has 0 saturated carbocycles. The van der Waals surface area contributed by atoms with Gasteiger partial charge in [0.15, 0.2) is 0 Å². The van der Waals surface area contributed by atoms with Crippen LogP contribution in [0.4, 0.5) is 5.69 Å². The lowest BCUT2D eigenvalue weighted by atomic mass is 10.1. The topological polar surface area (TPSA) is 49.6 Å². The molecule has 5 heteroatoms. The van der Waals surface area contributed by atoms with Gasteiger partial charge in [0, 0.05) is 36.3 Å². The van der Waals surface area contributed by atoms with E-state index in [0.717, 1.165) is 35.2 Å². The fourth-order valence-electron chi connectivity index (χ4n) is 2.37. The molecule has 19 heavy (non-hydrogen) atoms. The first-order valence-electron chi connectivity index (χ1n) is 6.53. The van der Waals surface area contributed by atoms with Gasteiger partial charge >= 0.3 is 0 Å². The van der Waals surface area contributed by atoms with Crippen molar-refractivity contribution in [1.82, 2.24) is 4.90 Å². The van der Waals surface area contributed by atoms with Crippen molar-refractivity contribution in [2.75, 3.05) is 31.6 Å². The maximum absolute atomic E-state index is 12.0. The van der Waals surface area contributed by atoms with Gasteiger partial charge in [-0.3, -0.25) is 4.79 Å². The Hall–Kier alpha value is -1.07. The van der Waals surface area contributed by atoms with Gasteiger partial charge in [-0.1, -0.05) is 15.9 Å². The summed E-state index contributed by atoms with van der Waals surface area (Å²) < 4.78 is 1.02. The minimum absolute atomic E-state index is 0.0522. The highest BCUT2D eigenvalue weighted by molar-refractivity contribution is 9.10. The molecule has 0 radical (unpaired) electrons. The minimum Gasteiger partial charge on any atom is -0.362 e. The first kappa shape index (κ1) is 14.3. The first-order valence-corrected chi connectivity index (χ1v) is 7.32. The molecule has 1 amide bonds. The van der Waals surface area contributed by atoms with Gasteiger partial charge in [-0.2, -0.15) is 0 Å². The molecule has 1 aromatic rings. The quantitative estimate of drug-likeness (QED) is 0.906. The maximum atomic E-state index is 12.0. The molecule has 0 aliphatic carbocycles. The molecule has 2 N–H and O–H groups in total. The predicted octanol–water partition coefficient (Wildman–Crippen LogP) is 2.14. The van der Waals surface area contributed by atoms with Gasteiger partial charge in [-0.05, 0) is 37.1 Å². The maximum Gasteiger partial charge on any atom is 0.241 e. The lowest BCUT2D eigenvalue weighted by Gasteiger charge is -2.26. The molecule has 0 bridgehead atoms. The Morgan fingerprint density at radius 2 is 2.11 bits per heavy atom. The van der Waals surface area contributed by atoms with Gasteiger partial charge < -0.3 is 15.5 Å². The van der Waals surface area contributed by atoms with Crippen LogP contribution >= 0.6 is 15.9 Å². The number of amides is 1. The molecule has 1 fully saturated rings. The first-order chi connectivity index (χ1) is 8.99. The van der Waals surface area contributed by atoms with Crippen LogP contribution in [0, 0.1) is 0 Å². The number of carbonyl (C=O) groups is 1. The zero-order chi connectivity index (χ0) is 14.0. The standard InChI is InChI=1S/C14H20BrN3O/c1-10(16)12-8-11(15)4-5-13(12)18-7-3-6-17(2)14(19)9-18/h4-5,8,10H,3,6-7,9,16H2,1-2H3. The Kier molecular flexibility index (Phi) is 4.47. The van der Waals surface area contributed by atoms with Crippen molar-refractivity contribution in [3.8, 4) is 0 Å². The number of hydrogen-bond donors (Lipinski definition) is 1. The Morgan fingerprint density at radius 3 is 2.79 bits per heavy atom. The number of likely N-dealkylation sites (N-methyl/N-ethyl adjacent to an activating group) is 1. The molecule has 0 aromatic heterocycles. The van der Waals surface area contributed by atoms with Crippen molar-refractivity contribution in [2.24, 2.45) is 5.73 Å². The molecular formula is C14H20BrN3O. The van der Waals surface area contributed by atoms with Gasteiger partial charge in [0.1, 0.15) is 0 Å². The largest absolute Gasteiger partial charge is 0.362 e. The number of nitrogens with zero attached hydrogens (tertiary/aromatic N) is 2. The zero-order valence-corrected chi connectivity index (χ0v) is 13.0. The van der Waals surface area contributed by atoms with E-state index in [1.165, 1.54) is 0 Å². The van der Waals surface area contributed by atoms with E-state index in [-0.39, 0.29) is 11.9 Å². The van der Waals surface area contributed by atoms with Crippen molar-refractivity contribution in [1.29, 1.82) is 0 Å². The van der Waals surface area contributed by atoms with Crippen LogP contribution in [0.3, 0.4) is 0 Å². The summed E-state index contributed by atoms with van der Waals surface area (Å²) in [6, 6.07) is 6.03. The number of benzene rings is 1. The molecule has 1 aliphatic rings. The van der Waals surface area contributed by atoms with Crippen molar-refractivity contribution in [2.45, 2.75) is 19.4 Å². The van der Waals surface area contributed by atoms with E-state index in [1.54, 1.807) is 4.90 Å². The lowest BCUT2D eigenvalue weighted by molar-refractivity contribution is -0.127. The third-order valence-electron chi connectivity index (χ3n) is 3.49. The van der Waals surface area contributed by atoms with Crippen LogP contribution in [-0.2, 0) is 4.79 Å². The highest BCUT2D eigenvalue weighted by Gasteiger charge is 2.21. The normalized spacial score (nSPS) is 18.4. The second-order valence-corrected chi connectivity index (χ2v) is 6.00. The van der Waals surface area contributed by atoms with Gasteiger partial charge in [0.05, 0.1) is 6.54 Å². The molecule has 1 aliphatic heterocycles. The highest BCUT2D eigenvalue weighted by Crippen LogP contribution is 2.29. The Balaban J connectivity index is 2.32. The molecule has 1 atom stereocenters. The van der Waals surface area contributed by atoms with Crippen molar-refractivity contribution in [3.05, 3.63) is 28.2 Å². The molecular weight excluding hydrogens is 306 g/mol. The molecule has 104 valence electrons. The fraction of sp³-hybridized carbons (Fsp3) is 0.500. The smallest absolute Gasteiger partial charge is 0.241 e. The molecule has 4 nitrogen and oxygen atoms in total. The Labute approximate surface area is 122 Å². The number of hydrogen-bond acceptors (Lipinski definition) is 3. The highest BCUT2D eigenvalue weighted by atomic mass is 79.9. The summed E-state index contributed by atoms with van der Waals surface area (Å²) in [4.78, 5) is 15.9. The van der Waals surface area contributed by atoms with Crippen LogP contribution in [0.1, 0.15) is 24.9 Å². The van der Waals surface area contributed by atoms with Crippen LogP contribution in [0.15, 0.2) is 22.7 Å². The zero-order valence-electron chi connectivity index (χ0n) is 11.4. The summed E-state index contributed by atoms with van der Waals surface area (Å²) in [6.45, 7) is 4.10. The summed E-state index contributed by atoms with van der Waals surface area (Å²) >= 11 is 3.48. The molecule has 2 rings (SSSR count). The second kappa shape index (κ2) is 5.92. The molecule has 1 aromatic carbocycles. The van der Waals surface area contributed by atoms with Crippen LogP contribution < -0.4 is 10.6 Å². The van der Waals surface area contributed by atoms with Crippen LogP contribution in [-0.4, -0.2) is 37.5 Å². The van der Waals surface area contributed by atoms with Gasteiger partial charge in [0.25, 0.3) is 0 Å². The summed E-state index contributed by atoms with van der Waals surface area (Å²) in [5.74, 6) is 0.163. The van der Waals surface area contributed by atoms with Gasteiger partial charge in [0.2, 0.25) is 5.91 Å². The van der Waals surface area contributed by atoms with E-state index in [9.17, 15) is 4.79 Å². The lowest BCUT2D eigenvalue weighted by Crippen LogP contribution is -2.35. The number of halogens is 1. The van der Waals surface area contributed by atoms with E-state index in [2.05, 4.69) is 20.8 Å². The van der Waals surface area contributed by atoms with Gasteiger partial charge in [-0.25, -0.2) is 0 Å². The third kappa shape index (κ3) is 3.28. The average Bonchev–Trinajstić information content (AvgIpc) is 2.52. The summed E-state index contributed by atoms with van der Waals surface area (Å²) in [5, 5.41) is 0. The van der Waals surface area contributed by atoms with E-state index in [4.69, 9.17) is 5.73 Å². The Bertz CT molecular complexity index is 476. The SMILES string of the molecule is CC(N)c1cc(Br)ccc1N1CCCN(C)C(=O)C1.